The van der Waals surface area contributed by atoms with Gasteiger partial charge in [0, 0.05) is 50.2 Å². The Bertz CT molecular complexity index is 636. The molecule has 0 saturated carbocycles. The van der Waals surface area contributed by atoms with Gasteiger partial charge in [-0.2, -0.15) is 11.3 Å². The zero-order valence-corrected chi connectivity index (χ0v) is 14.9. The third-order valence-corrected chi connectivity index (χ3v) is 5.91. The number of aromatic nitrogens is 2. The van der Waals surface area contributed by atoms with Crippen molar-refractivity contribution in [2.24, 2.45) is 0 Å². The van der Waals surface area contributed by atoms with Gasteiger partial charge >= 0.3 is 0 Å². The number of thiophene rings is 1. The number of hydrogen-bond donors (Lipinski definition) is 0. The van der Waals surface area contributed by atoms with E-state index in [9.17, 15) is 0 Å². The molecule has 6 heteroatoms. The van der Waals surface area contributed by atoms with Crippen LogP contribution in [0.25, 0.3) is 0 Å². The van der Waals surface area contributed by atoms with Crippen LogP contribution in [0.1, 0.15) is 24.0 Å². The molecule has 0 N–H and O–H groups in total. The number of nitrogens with zero attached hydrogens (tertiary/aromatic N) is 4. The van der Waals surface area contributed by atoms with Crippen LogP contribution in [0.3, 0.4) is 0 Å². The van der Waals surface area contributed by atoms with Crippen molar-refractivity contribution in [2.75, 3.05) is 20.2 Å². The van der Waals surface area contributed by atoms with E-state index in [0.29, 0.717) is 18.2 Å². The lowest BCUT2D eigenvalue weighted by atomic mass is 10.00. The summed E-state index contributed by atoms with van der Waals surface area (Å²) in [7, 11) is 2.20. The van der Waals surface area contributed by atoms with Crippen molar-refractivity contribution in [1.29, 1.82) is 0 Å². The van der Waals surface area contributed by atoms with Crippen molar-refractivity contribution in [3.05, 3.63) is 46.7 Å². The zero-order valence-electron chi connectivity index (χ0n) is 14.0. The third kappa shape index (κ3) is 3.37. The maximum Gasteiger partial charge on any atom is 0.115 e. The SMILES string of the molecule is CN(Cc1cncnc1)[C@@H]1CN(Cc2ccsc2)[C@@H]2CCCO[C@H]12. The Balaban J connectivity index is 1.48. The van der Waals surface area contributed by atoms with Gasteiger partial charge in [0.05, 0.1) is 12.1 Å². The molecule has 0 aliphatic carbocycles. The monoisotopic (exact) mass is 344 g/mol. The molecule has 4 rings (SSSR count). The van der Waals surface area contributed by atoms with Gasteiger partial charge in [0.2, 0.25) is 0 Å². The van der Waals surface area contributed by atoms with E-state index in [0.717, 1.165) is 31.8 Å². The Labute approximate surface area is 147 Å². The highest BCUT2D eigenvalue weighted by molar-refractivity contribution is 7.07. The Kier molecular flexibility index (Phi) is 4.89. The fourth-order valence-corrected chi connectivity index (χ4v) is 4.69. The van der Waals surface area contributed by atoms with Crippen molar-refractivity contribution in [3.63, 3.8) is 0 Å². The summed E-state index contributed by atoms with van der Waals surface area (Å²) in [6.07, 6.45) is 8.12. The lowest BCUT2D eigenvalue weighted by Gasteiger charge is -2.34. The third-order valence-electron chi connectivity index (χ3n) is 5.18. The van der Waals surface area contributed by atoms with E-state index in [4.69, 9.17) is 4.74 Å². The first-order chi connectivity index (χ1) is 11.8. The Morgan fingerprint density at radius 1 is 1.33 bits per heavy atom. The fourth-order valence-electron chi connectivity index (χ4n) is 4.03. The molecule has 0 unspecified atom stereocenters. The van der Waals surface area contributed by atoms with Crippen LogP contribution in [0.5, 0.6) is 0 Å². The highest BCUT2D eigenvalue weighted by Gasteiger charge is 2.45. The standard InChI is InChI=1S/C18H24N4OS/c1-21(9-15-7-19-13-20-8-15)17-11-22(10-14-4-6-24-12-14)16-3-2-5-23-18(16)17/h4,6-8,12-13,16-18H,2-3,5,9-11H2,1H3/t16-,17-,18+/m1/s1. The number of hydrogen-bond acceptors (Lipinski definition) is 6. The molecular formula is C18H24N4OS. The second-order valence-corrected chi connectivity index (χ2v) is 7.62. The smallest absolute Gasteiger partial charge is 0.115 e. The van der Waals surface area contributed by atoms with E-state index in [1.807, 2.05) is 12.4 Å². The summed E-state index contributed by atoms with van der Waals surface area (Å²) in [6.45, 7) is 3.86. The van der Waals surface area contributed by atoms with Gasteiger partial charge in [-0.05, 0) is 42.3 Å². The van der Waals surface area contributed by atoms with Crippen LogP contribution in [0.4, 0.5) is 0 Å². The van der Waals surface area contributed by atoms with Gasteiger partial charge in [-0.15, -0.1) is 0 Å². The zero-order chi connectivity index (χ0) is 16.4. The van der Waals surface area contributed by atoms with Gasteiger partial charge in [0.25, 0.3) is 0 Å². The molecule has 3 atom stereocenters. The molecule has 2 fully saturated rings. The minimum Gasteiger partial charge on any atom is -0.375 e. The van der Waals surface area contributed by atoms with Gasteiger partial charge in [0.1, 0.15) is 6.33 Å². The number of likely N-dealkylation sites (N-methyl/N-ethyl adjacent to an activating group) is 1. The van der Waals surface area contributed by atoms with E-state index in [1.165, 1.54) is 18.4 Å². The molecule has 0 radical (unpaired) electrons. The lowest BCUT2D eigenvalue weighted by Crippen LogP contribution is -2.46. The number of rotatable bonds is 5. The van der Waals surface area contributed by atoms with Gasteiger partial charge in [-0.25, -0.2) is 9.97 Å². The molecule has 4 heterocycles. The maximum absolute atomic E-state index is 6.21. The van der Waals surface area contributed by atoms with Crippen molar-refractivity contribution < 1.29 is 4.74 Å². The van der Waals surface area contributed by atoms with Crippen molar-refractivity contribution >= 4 is 11.3 Å². The van der Waals surface area contributed by atoms with Gasteiger partial charge < -0.3 is 4.74 Å². The van der Waals surface area contributed by atoms with Gasteiger partial charge in [-0.3, -0.25) is 9.80 Å². The second kappa shape index (κ2) is 7.27. The molecule has 2 aliphatic rings. The quantitative estimate of drug-likeness (QED) is 0.833. The lowest BCUT2D eigenvalue weighted by molar-refractivity contribution is -0.0385. The normalized spacial score (nSPS) is 27.5. The predicted molar refractivity (Wildman–Crippen MR) is 94.8 cm³/mol. The summed E-state index contributed by atoms with van der Waals surface area (Å²) in [6, 6.07) is 3.20. The molecule has 2 aromatic heterocycles. The van der Waals surface area contributed by atoms with E-state index < -0.39 is 0 Å². The molecule has 0 amide bonds. The molecule has 5 nitrogen and oxygen atoms in total. The fraction of sp³-hybridized carbons (Fsp3) is 0.556. The highest BCUT2D eigenvalue weighted by atomic mass is 32.1. The first-order valence-electron chi connectivity index (χ1n) is 8.62. The van der Waals surface area contributed by atoms with Gasteiger partial charge in [0.15, 0.2) is 0 Å². The maximum atomic E-state index is 6.21. The second-order valence-electron chi connectivity index (χ2n) is 6.84. The van der Waals surface area contributed by atoms with Crippen molar-refractivity contribution in [2.45, 2.75) is 44.1 Å². The molecule has 0 spiro atoms. The van der Waals surface area contributed by atoms with E-state index in [-0.39, 0.29) is 0 Å². The molecule has 0 aromatic carbocycles. The van der Waals surface area contributed by atoms with Crippen LogP contribution in [-0.2, 0) is 17.8 Å². The molecule has 2 aromatic rings. The average Bonchev–Trinajstić information content (AvgIpc) is 3.25. The predicted octanol–water partition coefficient (Wildman–Crippen LogP) is 2.40. The van der Waals surface area contributed by atoms with Crippen molar-refractivity contribution in [3.8, 4) is 0 Å². The molecule has 2 aliphatic heterocycles. The largest absolute Gasteiger partial charge is 0.375 e. The Morgan fingerprint density at radius 3 is 3.00 bits per heavy atom. The Morgan fingerprint density at radius 2 is 2.21 bits per heavy atom. The van der Waals surface area contributed by atoms with Crippen LogP contribution in [0.15, 0.2) is 35.5 Å². The van der Waals surface area contributed by atoms with E-state index in [2.05, 4.69) is 43.6 Å². The molecule has 128 valence electrons. The summed E-state index contributed by atoms with van der Waals surface area (Å²) >= 11 is 1.78. The summed E-state index contributed by atoms with van der Waals surface area (Å²) < 4.78 is 6.21. The molecule has 2 saturated heterocycles. The summed E-state index contributed by atoms with van der Waals surface area (Å²) in [5, 5.41) is 4.43. The Hall–Kier alpha value is -1.34. The minimum absolute atomic E-state index is 0.312. The summed E-state index contributed by atoms with van der Waals surface area (Å²) in [5.41, 5.74) is 2.58. The first kappa shape index (κ1) is 16.1. The number of ether oxygens (including phenoxy) is 1. The molecule has 0 bridgehead atoms. The highest BCUT2D eigenvalue weighted by Crippen LogP contribution is 2.33. The van der Waals surface area contributed by atoms with Crippen LogP contribution in [-0.4, -0.2) is 58.2 Å². The number of fused-ring (bicyclic) bond motifs is 1. The van der Waals surface area contributed by atoms with E-state index >= 15 is 0 Å². The molecular weight excluding hydrogens is 320 g/mol. The van der Waals surface area contributed by atoms with Crippen LogP contribution in [0, 0.1) is 0 Å². The minimum atomic E-state index is 0.312. The van der Waals surface area contributed by atoms with E-state index in [1.54, 1.807) is 17.7 Å². The van der Waals surface area contributed by atoms with Crippen LogP contribution < -0.4 is 0 Å². The van der Waals surface area contributed by atoms with Gasteiger partial charge in [-0.1, -0.05) is 0 Å². The number of likely N-dealkylation sites (tertiary alicyclic amines) is 1. The first-order valence-corrected chi connectivity index (χ1v) is 9.56. The van der Waals surface area contributed by atoms with Crippen LogP contribution in [0.2, 0.25) is 0 Å². The summed E-state index contributed by atoms with van der Waals surface area (Å²) in [4.78, 5) is 13.3. The van der Waals surface area contributed by atoms with Crippen molar-refractivity contribution in [1.82, 2.24) is 19.8 Å². The average molecular weight is 344 g/mol. The molecule has 24 heavy (non-hydrogen) atoms. The van der Waals surface area contributed by atoms with Crippen LogP contribution >= 0.6 is 11.3 Å². The summed E-state index contributed by atoms with van der Waals surface area (Å²) in [5.74, 6) is 0. The topological polar surface area (TPSA) is 41.5 Å².